The summed E-state index contributed by atoms with van der Waals surface area (Å²) in [5.74, 6) is 0.651. The molecule has 0 aromatic heterocycles. The van der Waals surface area contributed by atoms with Crippen LogP contribution in [0, 0.1) is 0 Å². The Morgan fingerprint density at radius 1 is 0.867 bits per heavy atom. The number of ether oxygens (including phenoxy) is 3. The molecule has 3 aromatic carbocycles. The molecule has 0 aliphatic rings. The average Bonchev–Trinajstić information content (AvgIpc) is 2.77. The molecule has 7 nitrogen and oxygen atoms in total. The number of carbonyl (C=O) groups is 1. The Hall–Kier alpha value is -3.52. The molecule has 156 valence electrons. The normalized spacial score (nSPS) is 10.8. The number of hydrogen-bond acceptors (Lipinski definition) is 6. The van der Waals surface area contributed by atoms with Crippen molar-refractivity contribution >= 4 is 21.7 Å². The van der Waals surface area contributed by atoms with Crippen molar-refractivity contribution in [2.24, 2.45) is 0 Å². The summed E-state index contributed by atoms with van der Waals surface area (Å²) in [6, 6.07) is 21.3. The molecule has 0 heterocycles. The molecular weight excluding hydrogens is 406 g/mol. The Morgan fingerprint density at radius 3 is 2.30 bits per heavy atom. The molecule has 8 heteroatoms. The van der Waals surface area contributed by atoms with E-state index in [2.05, 4.69) is 4.72 Å². The van der Waals surface area contributed by atoms with Crippen molar-refractivity contribution in [1.29, 1.82) is 0 Å². The average molecular weight is 427 g/mol. The van der Waals surface area contributed by atoms with Gasteiger partial charge >= 0.3 is 5.97 Å². The van der Waals surface area contributed by atoms with Crippen LogP contribution in [-0.4, -0.2) is 34.7 Å². The number of sulfonamides is 1. The fourth-order valence-electron chi connectivity index (χ4n) is 2.56. The van der Waals surface area contributed by atoms with Crippen LogP contribution in [-0.2, 0) is 14.8 Å². The van der Waals surface area contributed by atoms with E-state index in [9.17, 15) is 13.2 Å². The number of rotatable bonds is 9. The molecule has 0 aliphatic heterocycles. The number of carbonyl (C=O) groups excluding carboxylic acids is 1. The smallest absolute Gasteiger partial charge is 0.338 e. The largest absolute Gasteiger partial charge is 0.497 e. The third kappa shape index (κ3) is 5.74. The van der Waals surface area contributed by atoms with Gasteiger partial charge in [0.05, 0.1) is 17.6 Å². The molecule has 3 rings (SSSR count). The first kappa shape index (κ1) is 21.2. The molecule has 0 fully saturated rings. The Balaban J connectivity index is 1.60. The summed E-state index contributed by atoms with van der Waals surface area (Å²) >= 11 is 0. The van der Waals surface area contributed by atoms with Gasteiger partial charge in [0.15, 0.2) is 0 Å². The number of benzene rings is 3. The van der Waals surface area contributed by atoms with Gasteiger partial charge in [-0.3, -0.25) is 4.72 Å². The molecule has 0 aliphatic carbocycles. The lowest BCUT2D eigenvalue weighted by molar-refractivity contribution is 0.0450. The lowest BCUT2D eigenvalue weighted by Gasteiger charge is -2.10. The minimum Gasteiger partial charge on any atom is -0.497 e. The number of hydrogen-bond donors (Lipinski definition) is 1. The zero-order valence-corrected chi connectivity index (χ0v) is 17.1. The molecule has 30 heavy (non-hydrogen) atoms. The highest BCUT2D eigenvalue weighted by Gasteiger charge is 2.17. The summed E-state index contributed by atoms with van der Waals surface area (Å²) in [5.41, 5.74) is 0.508. The van der Waals surface area contributed by atoms with Crippen molar-refractivity contribution in [1.82, 2.24) is 0 Å². The maximum Gasteiger partial charge on any atom is 0.338 e. The molecule has 3 aromatic rings. The summed E-state index contributed by atoms with van der Waals surface area (Å²) in [7, 11) is -2.35. The Kier molecular flexibility index (Phi) is 6.92. The SMILES string of the molecule is COc1ccc(NS(=O)(=O)c2cccc(C(=O)OCCOc3ccccc3)c2)cc1. The van der Waals surface area contributed by atoms with Crippen LogP contribution in [0.15, 0.2) is 83.8 Å². The van der Waals surface area contributed by atoms with E-state index in [1.54, 1.807) is 36.4 Å². The molecule has 1 N–H and O–H groups in total. The molecule has 0 radical (unpaired) electrons. The third-order valence-electron chi connectivity index (χ3n) is 4.05. The van der Waals surface area contributed by atoms with E-state index in [0.29, 0.717) is 17.2 Å². The van der Waals surface area contributed by atoms with Gasteiger partial charge in [0, 0.05) is 5.69 Å². The zero-order chi connectivity index (χ0) is 21.4. The van der Waals surface area contributed by atoms with Gasteiger partial charge in [-0.15, -0.1) is 0 Å². The number of nitrogens with one attached hydrogen (secondary N) is 1. The highest BCUT2D eigenvalue weighted by molar-refractivity contribution is 7.92. The molecule has 0 bridgehead atoms. The first-order valence-electron chi connectivity index (χ1n) is 9.10. The summed E-state index contributed by atoms with van der Waals surface area (Å²) in [4.78, 5) is 12.2. The zero-order valence-electron chi connectivity index (χ0n) is 16.3. The Morgan fingerprint density at radius 2 is 1.60 bits per heavy atom. The van der Waals surface area contributed by atoms with E-state index in [4.69, 9.17) is 14.2 Å². The van der Waals surface area contributed by atoms with Crippen LogP contribution >= 0.6 is 0 Å². The molecule has 0 unspecified atom stereocenters. The van der Waals surface area contributed by atoms with Gasteiger partial charge in [-0.25, -0.2) is 13.2 Å². The first-order chi connectivity index (χ1) is 14.5. The summed E-state index contributed by atoms with van der Waals surface area (Å²) in [5, 5.41) is 0. The van der Waals surface area contributed by atoms with Crippen LogP contribution in [0.25, 0.3) is 0 Å². The molecular formula is C22H21NO6S. The Labute approximate surface area is 175 Å². The van der Waals surface area contributed by atoms with Crippen molar-refractivity contribution in [3.05, 3.63) is 84.4 Å². The number of anilines is 1. The predicted molar refractivity (Wildman–Crippen MR) is 112 cm³/mol. The van der Waals surface area contributed by atoms with Crippen LogP contribution < -0.4 is 14.2 Å². The van der Waals surface area contributed by atoms with E-state index in [-0.39, 0.29) is 23.7 Å². The minimum atomic E-state index is -3.87. The van der Waals surface area contributed by atoms with Crippen molar-refractivity contribution in [2.75, 3.05) is 25.0 Å². The van der Waals surface area contributed by atoms with Crippen LogP contribution in [0.4, 0.5) is 5.69 Å². The van der Waals surface area contributed by atoms with Crippen LogP contribution in [0.1, 0.15) is 10.4 Å². The maximum absolute atomic E-state index is 12.6. The number of methoxy groups -OCH3 is 1. The van der Waals surface area contributed by atoms with Gasteiger partial charge in [0.1, 0.15) is 24.7 Å². The van der Waals surface area contributed by atoms with Crippen LogP contribution in [0.3, 0.4) is 0 Å². The van der Waals surface area contributed by atoms with E-state index in [1.165, 1.54) is 31.4 Å². The van der Waals surface area contributed by atoms with Crippen molar-refractivity contribution < 1.29 is 27.4 Å². The third-order valence-corrected chi connectivity index (χ3v) is 5.43. The van der Waals surface area contributed by atoms with Crippen molar-refractivity contribution in [3.8, 4) is 11.5 Å². The molecule has 0 atom stereocenters. The van der Waals surface area contributed by atoms with Gasteiger partial charge in [-0.1, -0.05) is 24.3 Å². The fourth-order valence-corrected chi connectivity index (χ4v) is 3.66. The lowest BCUT2D eigenvalue weighted by Crippen LogP contribution is -2.15. The summed E-state index contributed by atoms with van der Waals surface area (Å²) < 4.78 is 43.4. The van der Waals surface area contributed by atoms with E-state index < -0.39 is 16.0 Å². The van der Waals surface area contributed by atoms with Crippen LogP contribution in [0.2, 0.25) is 0 Å². The molecule has 0 spiro atoms. The highest BCUT2D eigenvalue weighted by Crippen LogP contribution is 2.20. The molecule has 0 saturated carbocycles. The van der Waals surface area contributed by atoms with Gasteiger partial charge in [-0.2, -0.15) is 0 Å². The maximum atomic E-state index is 12.6. The number of para-hydroxylation sites is 1. The van der Waals surface area contributed by atoms with E-state index in [1.807, 2.05) is 18.2 Å². The monoisotopic (exact) mass is 427 g/mol. The lowest BCUT2D eigenvalue weighted by atomic mass is 10.2. The fraction of sp³-hybridized carbons (Fsp3) is 0.136. The number of esters is 1. The second-order valence-electron chi connectivity index (χ2n) is 6.16. The molecule has 0 saturated heterocycles. The first-order valence-corrected chi connectivity index (χ1v) is 10.6. The van der Waals surface area contributed by atoms with Crippen molar-refractivity contribution in [3.63, 3.8) is 0 Å². The second-order valence-corrected chi connectivity index (χ2v) is 7.84. The minimum absolute atomic E-state index is 0.0365. The Bertz CT molecular complexity index is 1080. The topological polar surface area (TPSA) is 90.9 Å². The van der Waals surface area contributed by atoms with Gasteiger partial charge in [-0.05, 0) is 54.6 Å². The van der Waals surface area contributed by atoms with Gasteiger partial charge in [0.2, 0.25) is 0 Å². The van der Waals surface area contributed by atoms with E-state index >= 15 is 0 Å². The van der Waals surface area contributed by atoms with Gasteiger partial charge in [0.25, 0.3) is 10.0 Å². The quantitative estimate of drug-likeness (QED) is 0.413. The standard InChI is InChI=1S/C22H21NO6S/c1-27-19-12-10-18(11-13-19)23-30(25,26)21-9-5-6-17(16-21)22(24)29-15-14-28-20-7-3-2-4-8-20/h2-13,16,23H,14-15H2,1H3. The predicted octanol–water partition coefficient (Wildman–Crippen LogP) is 3.73. The van der Waals surface area contributed by atoms with Crippen LogP contribution in [0.5, 0.6) is 11.5 Å². The van der Waals surface area contributed by atoms with Gasteiger partial charge < -0.3 is 14.2 Å². The molecule has 0 amide bonds. The van der Waals surface area contributed by atoms with E-state index in [0.717, 1.165) is 0 Å². The second kappa shape index (κ2) is 9.80. The summed E-state index contributed by atoms with van der Waals surface area (Å²) in [6.07, 6.45) is 0. The summed E-state index contributed by atoms with van der Waals surface area (Å²) in [6.45, 7) is 0.224. The highest BCUT2D eigenvalue weighted by atomic mass is 32.2. The van der Waals surface area contributed by atoms with Crippen molar-refractivity contribution in [2.45, 2.75) is 4.90 Å².